The maximum atomic E-state index is 11.8. The average Bonchev–Trinajstić information content (AvgIpc) is 2.47. The minimum Gasteiger partial charge on any atom is -0.272 e. The third-order valence-corrected chi connectivity index (χ3v) is 2.86. The largest absolute Gasteiger partial charge is 0.272 e. The van der Waals surface area contributed by atoms with Crippen molar-refractivity contribution in [3.05, 3.63) is 29.3 Å². The standard InChI is InChI=1S/C11H11ClN2O/c1-7-8(2)13-14(11(7)15)10-6-4-3-5-9(10)12/h3-7H,1-2H3. The molecule has 1 aromatic carbocycles. The van der Waals surface area contributed by atoms with Crippen molar-refractivity contribution < 1.29 is 4.79 Å². The van der Waals surface area contributed by atoms with Gasteiger partial charge in [-0.05, 0) is 26.0 Å². The Morgan fingerprint density at radius 3 is 2.60 bits per heavy atom. The normalized spacial score (nSPS) is 20.7. The zero-order valence-corrected chi connectivity index (χ0v) is 9.32. The van der Waals surface area contributed by atoms with Crippen molar-refractivity contribution in [3.8, 4) is 0 Å². The van der Waals surface area contributed by atoms with Crippen molar-refractivity contribution in [1.82, 2.24) is 0 Å². The van der Waals surface area contributed by atoms with E-state index in [4.69, 9.17) is 11.6 Å². The zero-order valence-electron chi connectivity index (χ0n) is 8.57. The van der Waals surface area contributed by atoms with Crippen molar-refractivity contribution in [2.75, 3.05) is 5.01 Å². The molecular formula is C11H11ClN2O. The number of hydrazone groups is 1. The molecule has 15 heavy (non-hydrogen) atoms. The number of amides is 1. The molecule has 1 unspecified atom stereocenters. The van der Waals surface area contributed by atoms with Crippen LogP contribution >= 0.6 is 11.6 Å². The number of halogens is 1. The Morgan fingerprint density at radius 2 is 2.07 bits per heavy atom. The van der Waals surface area contributed by atoms with Crippen LogP contribution in [0.4, 0.5) is 5.69 Å². The Morgan fingerprint density at radius 1 is 1.40 bits per heavy atom. The predicted molar refractivity (Wildman–Crippen MR) is 61.2 cm³/mol. The lowest BCUT2D eigenvalue weighted by molar-refractivity contribution is -0.119. The summed E-state index contributed by atoms with van der Waals surface area (Å²) in [5.41, 5.74) is 1.47. The molecule has 0 aliphatic carbocycles. The van der Waals surface area contributed by atoms with Crippen molar-refractivity contribution in [1.29, 1.82) is 0 Å². The van der Waals surface area contributed by atoms with Crippen molar-refractivity contribution in [3.63, 3.8) is 0 Å². The van der Waals surface area contributed by atoms with E-state index in [1.807, 2.05) is 26.0 Å². The lowest BCUT2D eigenvalue weighted by Crippen LogP contribution is -2.25. The first-order chi connectivity index (χ1) is 7.11. The van der Waals surface area contributed by atoms with Crippen molar-refractivity contribution in [2.24, 2.45) is 11.0 Å². The highest BCUT2D eigenvalue weighted by molar-refractivity contribution is 6.34. The van der Waals surface area contributed by atoms with E-state index < -0.39 is 0 Å². The van der Waals surface area contributed by atoms with Gasteiger partial charge in [-0.25, -0.2) is 0 Å². The molecule has 3 nitrogen and oxygen atoms in total. The summed E-state index contributed by atoms with van der Waals surface area (Å²) >= 11 is 6.00. The van der Waals surface area contributed by atoms with Gasteiger partial charge >= 0.3 is 0 Å². The molecule has 0 fully saturated rings. The van der Waals surface area contributed by atoms with Crippen LogP contribution in [-0.4, -0.2) is 11.6 Å². The highest BCUT2D eigenvalue weighted by Gasteiger charge is 2.31. The monoisotopic (exact) mass is 222 g/mol. The zero-order chi connectivity index (χ0) is 11.0. The average molecular weight is 223 g/mol. The summed E-state index contributed by atoms with van der Waals surface area (Å²) in [6.07, 6.45) is 0. The Balaban J connectivity index is 2.42. The molecule has 1 aliphatic heterocycles. The molecule has 4 heteroatoms. The summed E-state index contributed by atoms with van der Waals surface area (Å²) in [4.78, 5) is 11.8. The van der Waals surface area contributed by atoms with Crippen LogP contribution in [0.3, 0.4) is 0 Å². The quantitative estimate of drug-likeness (QED) is 0.719. The number of carbonyl (C=O) groups excluding carboxylic acids is 1. The van der Waals surface area contributed by atoms with Gasteiger partial charge in [-0.2, -0.15) is 10.1 Å². The highest BCUT2D eigenvalue weighted by Crippen LogP contribution is 2.29. The number of para-hydroxylation sites is 1. The summed E-state index contributed by atoms with van der Waals surface area (Å²) in [7, 11) is 0. The first-order valence-corrected chi connectivity index (χ1v) is 5.12. The predicted octanol–water partition coefficient (Wildman–Crippen LogP) is 2.70. The maximum Gasteiger partial charge on any atom is 0.256 e. The van der Waals surface area contributed by atoms with Gasteiger partial charge < -0.3 is 0 Å². The second-order valence-corrected chi connectivity index (χ2v) is 3.97. The first kappa shape index (κ1) is 10.2. The van der Waals surface area contributed by atoms with E-state index in [1.165, 1.54) is 5.01 Å². The maximum absolute atomic E-state index is 11.8. The van der Waals surface area contributed by atoms with E-state index in [-0.39, 0.29) is 11.8 Å². The molecule has 0 saturated carbocycles. The lowest BCUT2D eigenvalue weighted by atomic mass is 10.1. The van der Waals surface area contributed by atoms with Gasteiger partial charge in [0, 0.05) is 5.71 Å². The third-order valence-electron chi connectivity index (χ3n) is 2.54. The highest BCUT2D eigenvalue weighted by atomic mass is 35.5. The minimum atomic E-state index is -0.152. The smallest absolute Gasteiger partial charge is 0.256 e. The Bertz CT molecular complexity index is 442. The number of rotatable bonds is 1. The molecular weight excluding hydrogens is 212 g/mol. The molecule has 0 aromatic heterocycles. The summed E-state index contributed by atoms with van der Waals surface area (Å²) in [6, 6.07) is 7.20. The van der Waals surface area contributed by atoms with Crippen LogP contribution in [0.2, 0.25) is 5.02 Å². The number of hydrogen-bond acceptors (Lipinski definition) is 2. The molecule has 1 atom stereocenters. The summed E-state index contributed by atoms with van der Waals surface area (Å²) < 4.78 is 0. The van der Waals surface area contributed by atoms with Crippen LogP contribution in [0.25, 0.3) is 0 Å². The van der Waals surface area contributed by atoms with Crippen LogP contribution in [0.15, 0.2) is 29.4 Å². The summed E-state index contributed by atoms with van der Waals surface area (Å²) in [5, 5.41) is 6.11. The SMILES string of the molecule is CC1=NN(c2ccccc2Cl)C(=O)C1C. The van der Waals surface area contributed by atoms with Gasteiger partial charge in [0.15, 0.2) is 0 Å². The van der Waals surface area contributed by atoms with Crippen LogP contribution in [0, 0.1) is 5.92 Å². The summed E-state index contributed by atoms with van der Waals surface area (Å²) in [6.45, 7) is 3.69. The van der Waals surface area contributed by atoms with Crippen molar-refractivity contribution >= 4 is 28.9 Å². The molecule has 78 valence electrons. The van der Waals surface area contributed by atoms with E-state index in [9.17, 15) is 4.79 Å². The second kappa shape index (κ2) is 3.66. The number of carbonyl (C=O) groups is 1. The lowest BCUT2D eigenvalue weighted by Gasteiger charge is -2.13. The fourth-order valence-corrected chi connectivity index (χ4v) is 1.67. The fraction of sp³-hybridized carbons (Fsp3) is 0.273. The Kier molecular flexibility index (Phi) is 2.49. The number of anilines is 1. The van der Waals surface area contributed by atoms with Gasteiger partial charge in [-0.15, -0.1) is 0 Å². The van der Waals surface area contributed by atoms with Crippen molar-refractivity contribution in [2.45, 2.75) is 13.8 Å². The summed E-state index contributed by atoms with van der Waals surface area (Å²) in [5.74, 6) is -0.179. The van der Waals surface area contributed by atoms with Crippen LogP contribution < -0.4 is 5.01 Å². The Labute approximate surface area is 93.3 Å². The number of benzene rings is 1. The topological polar surface area (TPSA) is 32.7 Å². The molecule has 0 saturated heterocycles. The molecule has 0 bridgehead atoms. The molecule has 0 radical (unpaired) electrons. The van der Waals surface area contributed by atoms with E-state index in [0.717, 1.165) is 5.71 Å². The minimum absolute atomic E-state index is 0.0272. The van der Waals surface area contributed by atoms with Gasteiger partial charge in [0.25, 0.3) is 5.91 Å². The first-order valence-electron chi connectivity index (χ1n) is 4.75. The second-order valence-electron chi connectivity index (χ2n) is 3.56. The van der Waals surface area contributed by atoms with E-state index in [1.54, 1.807) is 12.1 Å². The van der Waals surface area contributed by atoms with Gasteiger partial charge in [0.1, 0.15) is 0 Å². The van der Waals surface area contributed by atoms with Crippen LogP contribution in [0.5, 0.6) is 0 Å². The molecule has 1 heterocycles. The fourth-order valence-electron chi connectivity index (χ4n) is 1.45. The third kappa shape index (κ3) is 1.63. The molecule has 1 aliphatic rings. The molecule has 2 rings (SSSR count). The van der Waals surface area contributed by atoms with Gasteiger partial charge in [-0.1, -0.05) is 23.7 Å². The van der Waals surface area contributed by atoms with E-state index >= 15 is 0 Å². The Hall–Kier alpha value is -1.35. The van der Waals surface area contributed by atoms with E-state index in [0.29, 0.717) is 10.7 Å². The molecule has 1 aromatic rings. The van der Waals surface area contributed by atoms with Gasteiger partial charge in [-0.3, -0.25) is 4.79 Å². The molecule has 0 spiro atoms. The number of nitrogens with zero attached hydrogens (tertiary/aromatic N) is 2. The van der Waals surface area contributed by atoms with Gasteiger partial charge in [0.05, 0.1) is 16.6 Å². The van der Waals surface area contributed by atoms with Crippen LogP contribution in [0.1, 0.15) is 13.8 Å². The molecule has 0 N–H and O–H groups in total. The van der Waals surface area contributed by atoms with E-state index in [2.05, 4.69) is 5.10 Å². The van der Waals surface area contributed by atoms with Gasteiger partial charge in [0.2, 0.25) is 0 Å². The molecule has 1 amide bonds. The van der Waals surface area contributed by atoms with Crippen LogP contribution in [-0.2, 0) is 4.79 Å². The number of hydrogen-bond donors (Lipinski definition) is 0.